The zero-order valence-electron chi connectivity index (χ0n) is 10.6. The molecular formula is C14H15IO3. The van der Waals surface area contributed by atoms with Gasteiger partial charge in [0, 0.05) is 11.5 Å². The summed E-state index contributed by atoms with van der Waals surface area (Å²) in [5, 5.41) is 0. The molecule has 0 radical (unpaired) electrons. The van der Waals surface area contributed by atoms with Gasteiger partial charge in [-0.15, -0.1) is 0 Å². The molecule has 4 heteroatoms. The maximum absolute atomic E-state index is 11.0. The summed E-state index contributed by atoms with van der Waals surface area (Å²) in [6, 6.07) is 7.28. The van der Waals surface area contributed by atoms with E-state index < -0.39 is 5.97 Å². The van der Waals surface area contributed by atoms with Crippen molar-refractivity contribution in [3.05, 3.63) is 29.8 Å². The van der Waals surface area contributed by atoms with Crippen LogP contribution in [0.3, 0.4) is 0 Å². The average molecular weight is 358 g/mol. The number of halogens is 1. The van der Waals surface area contributed by atoms with Gasteiger partial charge >= 0.3 is 5.97 Å². The molecule has 1 rings (SSSR count). The highest BCUT2D eigenvalue weighted by atomic mass is 127. The lowest BCUT2D eigenvalue weighted by atomic mass is 10.2. The lowest BCUT2D eigenvalue weighted by molar-refractivity contribution is -0.136. The highest BCUT2D eigenvalue weighted by molar-refractivity contribution is 14.1. The lowest BCUT2D eigenvalue weighted by Gasteiger charge is -2.19. The molecular weight excluding hydrogens is 343 g/mol. The van der Waals surface area contributed by atoms with Crippen LogP contribution < -0.4 is 4.74 Å². The van der Waals surface area contributed by atoms with E-state index in [9.17, 15) is 4.79 Å². The van der Waals surface area contributed by atoms with Gasteiger partial charge in [0.25, 0.3) is 0 Å². The minimum Gasteiger partial charge on any atom is -0.478 e. The summed E-state index contributed by atoms with van der Waals surface area (Å²) in [4.78, 5) is 11.0. The Balaban J connectivity index is 2.69. The van der Waals surface area contributed by atoms with E-state index >= 15 is 0 Å². The average Bonchev–Trinajstić information content (AvgIpc) is 2.26. The van der Waals surface area contributed by atoms with E-state index in [1.54, 1.807) is 6.92 Å². The van der Waals surface area contributed by atoms with Crippen LogP contribution in [-0.4, -0.2) is 16.2 Å². The van der Waals surface area contributed by atoms with Crippen LogP contribution in [0.1, 0.15) is 26.3 Å². The largest absolute Gasteiger partial charge is 0.478 e. The van der Waals surface area contributed by atoms with E-state index in [1.807, 2.05) is 38.1 Å². The molecule has 1 aromatic carbocycles. The molecule has 0 bridgehead atoms. The van der Waals surface area contributed by atoms with Crippen molar-refractivity contribution < 1.29 is 14.3 Å². The number of alkyl halides is 1. The van der Waals surface area contributed by atoms with Gasteiger partial charge in [-0.25, -0.2) is 4.79 Å². The van der Waals surface area contributed by atoms with E-state index in [4.69, 9.17) is 9.47 Å². The quantitative estimate of drug-likeness (QED) is 0.360. The van der Waals surface area contributed by atoms with Crippen molar-refractivity contribution in [1.29, 1.82) is 0 Å². The predicted molar refractivity (Wildman–Crippen MR) is 78.7 cm³/mol. The molecule has 0 aliphatic rings. The second-order valence-electron chi connectivity index (χ2n) is 3.96. The minimum atomic E-state index is -0.508. The van der Waals surface area contributed by atoms with Gasteiger partial charge in [0.1, 0.15) is 5.75 Å². The molecule has 0 unspecified atom stereocenters. The molecule has 0 spiro atoms. The predicted octanol–water partition coefficient (Wildman–Crippen LogP) is 3.15. The monoisotopic (exact) mass is 358 g/mol. The van der Waals surface area contributed by atoms with Gasteiger partial charge in [-0.05, 0) is 67.6 Å². The topological polar surface area (TPSA) is 35.5 Å². The molecule has 0 N–H and O–H groups in total. The second-order valence-corrected chi connectivity index (χ2v) is 6.56. The lowest BCUT2D eigenvalue weighted by Crippen LogP contribution is -2.18. The van der Waals surface area contributed by atoms with E-state index in [0.29, 0.717) is 6.61 Å². The minimum absolute atomic E-state index is 0.254. The third-order valence-electron chi connectivity index (χ3n) is 1.80. The SMILES string of the molecule is CCOC(=O)C#Cc1ccc(OC(C)(C)I)cc1. The Morgan fingerprint density at radius 1 is 1.33 bits per heavy atom. The third kappa shape index (κ3) is 5.92. The fourth-order valence-corrected chi connectivity index (χ4v) is 1.43. The fourth-order valence-electron chi connectivity index (χ4n) is 1.18. The summed E-state index contributed by atoms with van der Waals surface area (Å²) in [5.74, 6) is 5.42. The van der Waals surface area contributed by atoms with Gasteiger partial charge in [0.2, 0.25) is 0 Å². The maximum atomic E-state index is 11.0. The van der Waals surface area contributed by atoms with Crippen molar-refractivity contribution in [2.75, 3.05) is 6.61 Å². The first kappa shape index (κ1) is 14.8. The van der Waals surface area contributed by atoms with Crippen LogP contribution in [-0.2, 0) is 9.53 Å². The summed E-state index contributed by atoms with van der Waals surface area (Å²) < 4.78 is 10.1. The van der Waals surface area contributed by atoms with E-state index in [1.165, 1.54) is 0 Å². The van der Waals surface area contributed by atoms with Crippen LogP contribution in [0.25, 0.3) is 0 Å². The van der Waals surface area contributed by atoms with Crippen molar-refractivity contribution in [3.63, 3.8) is 0 Å². The van der Waals surface area contributed by atoms with E-state index in [2.05, 4.69) is 34.4 Å². The number of hydrogen-bond donors (Lipinski definition) is 0. The van der Waals surface area contributed by atoms with Crippen LogP contribution >= 0.6 is 22.6 Å². The van der Waals surface area contributed by atoms with Gasteiger partial charge in [0.15, 0.2) is 3.61 Å². The van der Waals surface area contributed by atoms with Crippen LogP contribution in [0.5, 0.6) is 5.75 Å². The number of carbonyl (C=O) groups excluding carboxylic acids is 1. The molecule has 0 atom stereocenters. The summed E-state index contributed by atoms with van der Waals surface area (Å²) in [7, 11) is 0. The maximum Gasteiger partial charge on any atom is 0.384 e. The molecule has 0 aliphatic carbocycles. The Bertz CT molecular complexity index is 461. The summed E-state index contributed by atoms with van der Waals surface area (Å²) in [6.45, 7) is 6.03. The molecule has 0 aliphatic heterocycles. The molecule has 1 aromatic rings. The fraction of sp³-hybridized carbons (Fsp3) is 0.357. The molecule has 0 heterocycles. The molecule has 0 saturated carbocycles. The summed E-state index contributed by atoms with van der Waals surface area (Å²) in [6.07, 6.45) is 0. The molecule has 96 valence electrons. The van der Waals surface area contributed by atoms with Gasteiger partial charge in [-0.1, -0.05) is 5.92 Å². The molecule has 3 nitrogen and oxygen atoms in total. The van der Waals surface area contributed by atoms with Crippen molar-refractivity contribution in [3.8, 4) is 17.6 Å². The number of benzene rings is 1. The van der Waals surface area contributed by atoms with E-state index in [-0.39, 0.29) is 3.61 Å². The molecule has 0 saturated heterocycles. The molecule has 18 heavy (non-hydrogen) atoms. The highest BCUT2D eigenvalue weighted by Crippen LogP contribution is 2.23. The molecule has 0 amide bonds. The van der Waals surface area contributed by atoms with Gasteiger partial charge in [-0.2, -0.15) is 0 Å². The number of ether oxygens (including phenoxy) is 2. The Hall–Kier alpha value is -1.22. The number of carbonyl (C=O) groups is 1. The first-order valence-corrected chi connectivity index (χ1v) is 6.65. The Morgan fingerprint density at radius 3 is 2.44 bits per heavy atom. The van der Waals surface area contributed by atoms with E-state index in [0.717, 1.165) is 11.3 Å². The van der Waals surface area contributed by atoms with Crippen molar-refractivity contribution >= 4 is 28.6 Å². The van der Waals surface area contributed by atoms with Crippen LogP contribution in [0.2, 0.25) is 0 Å². The number of esters is 1. The number of hydrogen-bond acceptors (Lipinski definition) is 3. The van der Waals surface area contributed by atoms with Crippen molar-refractivity contribution in [1.82, 2.24) is 0 Å². The van der Waals surface area contributed by atoms with Crippen LogP contribution in [0, 0.1) is 11.8 Å². The van der Waals surface area contributed by atoms with Crippen LogP contribution in [0.15, 0.2) is 24.3 Å². The van der Waals surface area contributed by atoms with Gasteiger partial charge < -0.3 is 9.47 Å². The zero-order valence-corrected chi connectivity index (χ0v) is 12.8. The van der Waals surface area contributed by atoms with Crippen LogP contribution in [0.4, 0.5) is 0 Å². The smallest absolute Gasteiger partial charge is 0.384 e. The Kier molecular flexibility index (Phi) is 5.48. The Morgan fingerprint density at radius 2 is 1.94 bits per heavy atom. The van der Waals surface area contributed by atoms with Crippen molar-refractivity contribution in [2.24, 2.45) is 0 Å². The number of rotatable bonds is 3. The summed E-state index contributed by atoms with van der Waals surface area (Å²) >= 11 is 2.21. The first-order valence-electron chi connectivity index (χ1n) is 5.57. The van der Waals surface area contributed by atoms with Crippen molar-refractivity contribution in [2.45, 2.75) is 24.4 Å². The standard InChI is InChI=1S/C14H15IO3/c1-4-17-13(16)10-7-11-5-8-12(9-6-11)18-14(2,3)15/h5-6,8-9H,4H2,1-3H3. The third-order valence-corrected chi connectivity index (χ3v) is 2.02. The first-order chi connectivity index (χ1) is 8.40. The zero-order chi connectivity index (χ0) is 13.6. The van der Waals surface area contributed by atoms with Gasteiger partial charge in [-0.3, -0.25) is 0 Å². The normalized spacial score (nSPS) is 10.2. The Labute approximate surface area is 121 Å². The second kappa shape index (κ2) is 6.64. The molecule has 0 fully saturated rings. The summed E-state index contributed by atoms with van der Waals surface area (Å²) in [5.41, 5.74) is 0.752. The molecule has 0 aromatic heterocycles. The highest BCUT2D eigenvalue weighted by Gasteiger charge is 2.13. The van der Waals surface area contributed by atoms with Gasteiger partial charge in [0.05, 0.1) is 6.61 Å².